The maximum atomic E-state index is 13.5. The average Bonchev–Trinajstić information content (AvgIpc) is 3.34. The molecule has 1 fully saturated rings. The maximum absolute atomic E-state index is 13.5. The highest BCUT2D eigenvalue weighted by atomic mass is 16.7. The van der Waals surface area contributed by atoms with Crippen LogP contribution in [0, 0.1) is 0 Å². The number of carbonyl (C=O) groups is 5. The van der Waals surface area contributed by atoms with Crippen LogP contribution in [0.2, 0.25) is 0 Å². The van der Waals surface area contributed by atoms with Crippen molar-refractivity contribution in [1.29, 1.82) is 0 Å². The maximum Gasteiger partial charge on any atom is 0.514 e. The van der Waals surface area contributed by atoms with Gasteiger partial charge in [0.2, 0.25) is 0 Å². The first-order valence-corrected chi connectivity index (χ1v) is 17.8. The number of carbonyl (C=O) groups excluding carboxylic acids is 5. The first-order chi connectivity index (χ1) is 24.3. The predicted octanol–water partition coefficient (Wildman–Crippen LogP) is 4.38. The number of hydrogen-bond acceptors (Lipinski definition) is 14. The Kier molecular flexibility index (Phi) is 10.4. The number of esters is 3. The highest BCUT2D eigenvalue weighted by molar-refractivity contribution is 5.87. The molecule has 0 radical (unpaired) electrons. The van der Waals surface area contributed by atoms with Crippen molar-refractivity contribution in [1.82, 2.24) is 10.2 Å². The van der Waals surface area contributed by atoms with E-state index < -0.39 is 82.6 Å². The quantitative estimate of drug-likeness (QED) is 0.217. The molecule has 2 aliphatic heterocycles. The first-order valence-electron chi connectivity index (χ1n) is 17.8. The lowest BCUT2D eigenvalue weighted by atomic mass is 9.50. The molecular formula is C38H52N2O13. The van der Waals surface area contributed by atoms with E-state index in [0.29, 0.717) is 24.9 Å². The van der Waals surface area contributed by atoms with Crippen LogP contribution < -0.4 is 14.8 Å². The summed E-state index contributed by atoms with van der Waals surface area (Å²) in [4.78, 5) is 66.9. The van der Waals surface area contributed by atoms with E-state index >= 15 is 0 Å². The minimum atomic E-state index is -1.47. The molecule has 4 aliphatic rings. The van der Waals surface area contributed by atoms with E-state index in [1.165, 1.54) is 6.92 Å². The Balaban J connectivity index is 1.35. The van der Waals surface area contributed by atoms with Gasteiger partial charge in [0.1, 0.15) is 28.6 Å². The fraction of sp³-hybridized carbons (Fsp3) is 0.658. The predicted molar refractivity (Wildman–Crippen MR) is 187 cm³/mol. The summed E-state index contributed by atoms with van der Waals surface area (Å²) in [5.41, 5.74) is -3.39. The highest BCUT2D eigenvalue weighted by Gasteiger charge is 2.72. The molecule has 2 unspecified atom stereocenters. The van der Waals surface area contributed by atoms with Gasteiger partial charge in [-0.05, 0) is 113 Å². The van der Waals surface area contributed by atoms with Crippen LogP contribution in [0.5, 0.6) is 11.5 Å². The van der Waals surface area contributed by atoms with Crippen molar-refractivity contribution in [2.24, 2.45) is 0 Å². The molecule has 53 heavy (non-hydrogen) atoms. The number of hydrogen-bond donors (Lipinski definition) is 2. The van der Waals surface area contributed by atoms with Crippen molar-refractivity contribution in [3.63, 3.8) is 0 Å². The van der Waals surface area contributed by atoms with Crippen molar-refractivity contribution < 1.29 is 62.2 Å². The summed E-state index contributed by atoms with van der Waals surface area (Å²) in [5, 5.41) is 14.9. The number of likely N-dealkylation sites (tertiary alicyclic amines) is 1. The summed E-state index contributed by atoms with van der Waals surface area (Å²) in [7, 11) is 1.96. The minimum absolute atomic E-state index is 0.106. The summed E-state index contributed by atoms with van der Waals surface area (Å²) in [6, 6.07) is 1.73. The lowest BCUT2D eigenvalue weighted by Crippen LogP contribution is -2.74. The second kappa shape index (κ2) is 13.8. The van der Waals surface area contributed by atoms with E-state index in [2.05, 4.69) is 10.2 Å². The summed E-state index contributed by atoms with van der Waals surface area (Å²) >= 11 is 0. The Bertz CT molecular complexity index is 1700. The number of alkyl carbamates (subject to hydrolysis) is 1. The largest absolute Gasteiger partial charge is 0.514 e. The number of nitrogens with one attached hydrogen (secondary N) is 1. The molecule has 1 spiro atoms. The molecule has 1 saturated heterocycles. The SMILES string of the molecule is CC(OC(=O)CC(NC(=O)OC(C)(C)C)C(=O)OC(C)(C)C)C(=O)OC1=CC[C@@]2(O)[C@H]3Cc4ccc(OC(=O)OC(C)(C)C)c5c4[C@@]2(CCN3C)[C@H]1O5. The molecule has 5 rings (SSSR count). The molecule has 15 nitrogen and oxygen atoms in total. The molecule has 292 valence electrons. The van der Waals surface area contributed by atoms with Crippen LogP contribution >= 0.6 is 0 Å². The van der Waals surface area contributed by atoms with Gasteiger partial charge in [-0.15, -0.1) is 0 Å². The molecule has 0 saturated carbocycles. The van der Waals surface area contributed by atoms with E-state index in [0.717, 1.165) is 5.56 Å². The minimum Gasteiger partial charge on any atom is -0.477 e. The van der Waals surface area contributed by atoms with Crippen LogP contribution in [0.25, 0.3) is 0 Å². The number of benzene rings is 1. The van der Waals surface area contributed by atoms with Crippen molar-refractivity contribution >= 4 is 30.2 Å². The molecule has 2 bridgehead atoms. The smallest absolute Gasteiger partial charge is 0.477 e. The van der Waals surface area contributed by atoms with E-state index in [1.54, 1.807) is 74.5 Å². The van der Waals surface area contributed by atoms with Gasteiger partial charge >= 0.3 is 30.2 Å². The molecule has 1 amide bonds. The third kappa shape index (κ3) is 8.10. The fourth-order valence-corrected chi connectivity index (χ4v) is 7.54. The summed E-state index contributed by atoms with van der Waals surface area (Å²) in [5.74, 6) is -2.36. The first kappa shape index (κ1) is 39.8. The van der Waals surface area contributed by atoms with Crippen LogP contribution in [-0.4, -0.2) is 100 Å². The van der Waals surface area contributed by atoms with Crippen molar-refractivity contribution in [3.8, 4) is 11.5 Å². The molecule has 0 aromatic heterocycles. The van der Waals surface area contributed by atoms with E-state index in [9.17, 15) is 29.1 Å². The van der Waals surface area contributed by atoms with Crippen LogP contribution in [-0.2, 0) is 49.9 Å². The van der Waals surface area contributed by atoms with Gasteiger partial charge in [0.15, 0.2) is 23.7 Å². The topological polar surface area (TPSA) is 185 Å². The van der Waals surface area contributed by atoms with Gasteiger partial charge < -0.3 is 48.5 Å². The standard InChI is InChI=1S/C38H52N2O13/c1-20(47-26(41)19-22(31(43)51-34(2,3)4)39-32(44)52-35(5,6)7)30(42)48-24-14-15-38(46)25-18-21-12-13-23(49-33(45)53-36(8,9)10)28-27(21)37(38,29(24)50-28)16-17-40(25)11/h12-14,20,22,25,29,46H,15-19H2,1-11H3,(H,39,44)/t20?,22?,25-,29+,37+,38-/m1/s1. The van der Waals surface area contributed by atoms with Gasteiger partial charge in [0.25, 0.3) is 0 Å². The monoisotopic (exact) mass is 744 g/mol. The Labute approximate surface area is 309 Å². The Morgan fingerprint density at radius 2 is 1.58 bits per heavy atom. The number of likely N-dealkylation sites (N-methyl/N-ethyl adjacent to an activating group) is 1. The van der Waals surface area contributed by atoms with Gasteiger partial charge in [-0.25, -0.2) is 19.2 Å². The lowest BCUT2D eigenvalue weighted by Gasteiger charge is -2.61. The zero-order chi connectivity index (χ0) is 39.5. The van der Waals surface area contributed by atoms with Crippen molar-refractivity contribution in [2.75, 3.05) is 13.6 Å². The molecule has 1 aromatic rings. The Morgan fingerprint density at radius 3 is 2.21 bits per heavy atom. The molecular weight excluding hydrogens is 692 g/mol. The second-order valence-electron chi connectivity index (χ2n) is 17.1. The Morgan fingerprint density at radius 1 is 0.943 bits per heavy atom. The zero-order valence-corrected chi connectivity index (χ0v) is 32.4. The highest BCUT2D eigenvalue weighted by Crippen LogP contribution is 2.65. The Hall–Kier alpha value is -4.37. The molecule has 1 aromatic carbocycles. The van der Waals surface area contributed by atoms with Crippen LogP contribution in [0.15, 0.2) is 24.0 Å². The second-order valence-corrected chi connectivity index (χ2v) is 17.1. The third-order valence-electron chi connectivity index (χ3n) is 9.53. The fourth-order valence-electron chi connectivity index (χ4n) is 7.54. The molecule has 15 heteroatoms. The van der Waals surface area contributed by atoms with Gasteiger partial charge in [0, 0.05) is 18.0 Å². The third-order valence-corrected chi connectivity index (χ3v) is 9.53. The van der Waals surface area contributed by atoms with Gasteiger partial charge in [-0.2, -0.15) is 0 Å². The van der Waals surface area contributed by atoms with E-state index in [4.69, 9.17) is 33.2 Å². The average molecular weight is 745 g/mol. The van der Waals surface area contributed by atoms with Crippen LogP contribution in [0.4, 0.5) is 9.59 Å². The number of ether oxygens (including phenoxy) is 7. The number of nitrogens with zero attached hydrogens (tertiary/aromatic N) is 1. The number of piperidine rings is 1. The van der Waals surface area contributed by atoms with Gasteiger partial charge in [-0.3, -0.25) is 4.79 Å². The summed E-state index contributed by atoms with van der Waals surface area (Å²) < 4.78 is 39.4. The molecule has 6 atom stereocenters. The number of aliphatic hydroxyl groups is 1. The van der Waals surface area contributed by atoms with Crippen LogP contribution in [0.1, 0.15) is 99.6 Å². The van der Waals surface area contributed by atoms with Crippen LogP contribution in [0.3, 0.4) is 0 Å². The molecule has 2 heterocycles. The normalized spacial score (nSPS) is 25.7. The van der Waals surface area contributed by atoms with Crippen molar-refractivity contribution in [2.45, 2.75) is 147 Å². The van der Waals surface area contributed by atoms with E-state index in [1.807, 2.05) is 13.1 Å². The lowest BCUT2D eigenvalue weighted by molar-refractivity contribution is -0.176. The zero-order valence-electron chi connectivity index (χ0n) is 32.4. The summed E-state index contributed by atoms with van der Waals surface area (Å²) in [6.45, 7) is 16.9. The number of rotatable bonds is 8. The van der Waals surface area contributed by atoms with Crippen molar-refractivity contribution in [3.05, 3.63) is 35.1 Å². The van der Waals surface area contributed by atoms with Gasteiger partial charge in [0.05, 0.1) is 17.4 Å². The molecule has 2 aliphatic carbocycles. The van der Waals surface area contributed by atoms with Gasteiger partial charge in [-0.1, -0.05) is 6.07 Å². The van der Waals surface area contributed by atoms with E-state index in [-0.39, 0.29) is 29.7 Å². The summed E-state index contributed by atoms with van der Waals surface area (Å²) in [6.07, 6.45) is -2.29. The number of amides is 1. The molecule has 2 N–H and O–H groups in total.